The van der Waals surface area contributed by atoms with Gasteiger partial charge in [-0.05, 0) is 42.7 Å². The highest BCUT2D eigenvalue weighted by Crippen LogP contribution is 2.37. The third-order valence-electron chi connectivity index (χ3n) is 6.38. The summed E-state index contributed by atoms with van der Waals surface area (Å²) in [6.07, 6.45) is 6.25. The number of para-hydroxylation sites is 1. The molecule has 184 valence electrons. The molecule has 1 aliphatic heterocycles. The van der Waals surface area contributed by atoms with Gasteiger partial charge in [0.15, 0.2) is 5.56 Å². The smallest absolute Gasteiger partial charge is 0.289 e. The lowest BCUT2D eigenvalue weighted by Crippen LogP contribution is -2.35. The Kier molecular flexibility index (Phi) is 7.33. The normalized spacial score (nSPS) is 15.3. The van der Waals surface area contributed by atoms with Crippen LogP contribution in [-0.2, 0) is 6.42 Å². The highest BCUT2D eigenvalue weighted by Gasteiger charge is 2.33. The van der Waals surface area contributed by atoms with E-state index in [1.807, 2.05) is 19.1 Å². The zero-order valence-electron chi connectivity index (χ0n) is 20.2. The van der Waals surface area contributed by atoms with Crippen molar-refractivity contribution in [3.63, 3.8) is 0 Å². The van der Waals surface area contributed by atoms with Crippen LogP contribution in [0, 0.1) is 0 Å². The lowest BCUT2D eigenvalue weighted by Gasteiger charge is -2.22. The number of pyridine rings is 1. The molecule has 1 aliphatic rings. The van der Waals surface area contributed by atoms with Crippen LogP contribution < -0.4 is 15.0 Å². The van der Waals surface area contributed by atoms with Crippen LogP contribution in [0.4, 0.5) is 0 Å². The second kappa shape index (κ2) is 10.6. The molecule has 9 heteroatoms. The first-order valence-electron chi connectivity index (χ1n) is 11.8. The van der Waals surface area contributed by atoms with Crippen molar-refractivity contribution in [2.45, 2.75) is 38.5 Å². The number of aryl methyl sites for hydroxylation is 1. The van der Waals surface area contributed by atoms with Gasteiger partial charge >= 0.3 is 0 Å². The summed E-state index contributed by atoms with van der Waals surface area (Å²) in [5.74, 6) is 0.306. The van der Waals surface area contributed by atoms with Crippen LogP contribution in [0.25, 0.3) is 5.69 Å². The number of benzene rings is 1. The summed E-state index contributed by atoms with van der Waals surface area (Å²) in [4.78, 5) is 36.5. The number of nitrogens with zero attached hydrogens (tertiary/aromatic N) is 4. The number of carbonyl (C=O) groups excluding carboxylic acids is 1. The molecule has 0 spiro atoms. The molecule has 0 saturated carbocycles. The zero-order valence-corrected chi connectivity index (χ0v) is 20.2. The Morgan fingerprint density at radius 2 is 1.83 bits per heavy atom. The monoisotopic (exact) mass is 478 g/mol. The maximum absolute atomic E-state index is 13.5. The molecule has 35 heavy (non-hydrogen) atoms. The largest absolute Gasteiger partial charge is 0.494 e. The Labute approximate surface area is 204 Å². The fourth-order valence-electron chi connectivity index (χ4n) is 4.54. The molecule has 1 saturated heterocycles. The van der Waals surface area contributed by atoms with Crippen LogP contribution >= 0.6 is 0 Å². The van der Waals surface area contributed by atoms with Crippen molar-refractivity contribution in [2.75, 3.05) is 27.3 Å². The molecule has 2 aromatic heterocycles. The van der Waals surface area contributed by atoms with Crippen LogP contribution in [0.2, 0.25) is 0 Å². The van der Waals surface area contributed by atoms with Crippen LogP contribution in [-0.4, -0.2) is 57.8 Å². The van der Waals surface area contributed by atoms with E-state index in [0.29, 0.717) is 42.5 Å². The second-order valence-corrected chi connectivity index (χ2v) is 8.50. The molecule has 4 rings (SSSR count). The molecule has 1 amide bonds. The maximum atomic E-state index is 13.5. The standard InChI is InChI=1S/C26H30N4O5/c1-4-5-9-21-28-24(31)22(25(32)29-15-12-18(16-29)17-10-13-27-14-11-17)26(33)30(21)23-19(34-2)7-6-8-20(23)35-3/h6-8,10-11,13-14,18,33H,4-5,9,12,15-16H2,1-3H3. The number of carbonyl (C=O) groups is 1. The zero-order chi connectivity index (χ0) is 24.9. The van der Waals surface area contributed by atoms with E-state index in [0.717, 1.165) is 24.8 Å². The first-order chi connectivity index (χ1) is 17.0. The van der Waals surface area contributed by atoms with Gasteiger partial charge in [-0.2, -0.15) is 4.98 Å². The molecular formula is C26H30N4O5. The predicted octanol–water partition coefficient (Wildman–Crippen LogP) is 3.32. The fourth-order valence-corrected chi connectivity index (χ4v) is 4.54. The van der Waals surface area contributed by atoms with Crippen molar-refractivity contribution >= 4 is 5.91 Å². The van der Waals surface area contributed by atoms with Crippen LogP contribution in [0.15, 0.2) is 47.5 Å². The third-order valence-corrected chi connectivity index (χ3v) is 6.38. The van der Waals surface area contributed by atoms with Gasteiger partial charge in [-0.25, -0.2) is 0 Å². The molecule has 0 aliphatic carbocycles. The topological polar surface area (TPSA) is 107 Å². The number of aromatic hydroxyl groups is 1. The molecular weight excluding hydrogens is 448 g/mol. The van der Waals surface area contributed by atoms with Gasteiger partial charge in [-0.1, -0.05) is 19.4 Å². The highest BCUT2D eigenvalue weighted by molar-refractivity contribution is 5.96. The first kappa shape index (κ1) is 24.3. The molecule has 1 unspecified atom stereocenters. The minimum atomic E-state index is -0.740. The summed E-state index contributed by atoms with van der Waals surface area (Å²) in [7, 11) is 3.01. The predicted molar refractivity (Wildman–Crippen MR) is 131 cm³/mol. The minimum Gasteiger partial charge on any atom is -0.494 e. The van der Waals surface area contributed by atoms with Gasteiger partial charge in [0.2, 0.25) is 5.88 Å². The summed E-state index contributed by atoms with van der Waals surface area (Å²) in [6, 6.07) is 9.07. The van der Waals surface area contributed by atoms with E-state index in [2.05, 4.69) is 9.97 Å². The van der Waals surface area contributed by atoms with E-state index in [1.165, 1.54) is 18.8 Å². The van der Waals surface area contributed by atoms with E-state index in [-0.39, 0.29) is 11.5 Å². The Morgan fingerprint density at radius 3 is 2.46 bits per heavy atom. The lowest BCUT2D eigenvalue weighted by atomic mass is 10.00. The minimum absolute atomic E-state index is 0.136. The first-order valence-corrected chi connectivity index (χ1v) is 11.8. The molecule has 1 N–H and O–H groups in total. The lowest BCUT2D eigenvalue weighted by molar-refractivity contribution is 0.0784. The Morgan fingerprint density at radius 1 is 1.14 bits per heavy atom. The maximum Gasteiger partial charge on any atom is 0.289 e. The Balaban J connectivity index is 1.80. The third kappa shape index (κ3) is 4.71. The average Bonchev–Trinajstić information content (AvgIpc) is 3.38. The van der Waals surface area contributed by atoms with Crippen molar-refractivity contribution in [2.24, 2.45) is 0 Å². The van der Waals surface area contributed by atoms with Crippen molar-refractivity contribution in [1.82, 2.24) is 19.4 Å². The molecule has 0 radical (unpaired) electrons. The summed E-state index contributed by atoms with van der Waals surface area (Å²) >= 11 is 0. The Bertz CT molecular complexity index is 1240. The number of likely N-dealkylation sites (tertiary alicyclic amines) is 1. The fraction of sp³-hybridized carbons (Fsp3) is 0.385. The van der Waals surface area contributed by atoms with Gasteiger partial charge in [0, 0.05) is 37.8 Å². The number of aromatic nitrogens is 3. The van der Waals surface area contributed by atoms with E-state index < -0.39 is 17.3 Å². The van der Waals surface area contributed by atoms with Crippen molar-refractivity contribution in [3.8, 4) is 23.1 Å². The Hall–Kier alpha value is -3.88. The molecule has 1 aromatic carbocycles. The van der Waals surface area contributed by atoms with Gasteiger partial charge in [0.1, 0.15) is 23.0 Å². The molecule has 0 bridgehead atoms. The van der Waals surface area contributed by atoms with Crippen molar-refractivity contribution in [1.29, 1.82) is 0 Å². The van der Waals surface area contributed by atoms with Crippen LogP contribution in [0.5, 0.6) is 17.4 Å². The molecule has 1 atom stereocenters. The number of methoxy groups -OCH3 is 2. The summed E-state index contributed by atoms with van der Waals surface area (Å²) in [5, 5.41) is 11.4. The average molecular weight is 479 g/mol. The molecule has 3 heterocycles. The quantitative estimate of drug-likeness (QED) is 0.529. The van der Waals surface area contributed by atoms with Gasteiger partial charge in [0.25, 0.3) is 11.5 Å². The van der Waals surface area contributed by atoms with E-state index >= 15 is 0 Å². The van der Waals surface area contributed by atoms with Crippen LogP contribution in [0.1, 0.15) is 53.8 Å². The number of unbranched alkanes of at least 4 members (excludes halogenated alkanes) is 1. The van der Waals surface area contributed by atoms with Crippen molar-refractivity contribution in [3.05, 3.63) is 70.0 Å². The summed E-state index contributed by atoms with van der Waals surface area (Å²) < 4.78 is 12.5. The summed E-state index contributed by atoms with van der Waals surface area (Å²) in [6.45, 7) is 2.94. The second-order valence-electron chi connectivity index (χ2n) is 8.50. The van der Waals surface area contributed by atoms with E-state index in [1.54, 1.807) is 35.5 Å². The number of amides is 1. The van der Waals surface area contributed by atoms with E-state index in [9.17, 15) is 14.7 Å². The van der Waals surface area contributed by atoms with E-state index in [4.69, 9.17) is 9.47 Å². The SMILES string of the molecule is CCCCc1nc(=O)c(C(=O)N2CCC(c3ccncc3)C2)c(O)n1-c1c(OC)cccc1OC. The molecule has 3 aromatic rings. The van der Waals surface area contributed by atoms with Gasteiger partial charge in [0.05, 0.1) is 14.2 Å². The van der Waals surface area contributed by atoms with Crippen molar-refractivity contribution < 1.29 is 19.4 Å². The van der Waals surface area contributed by atoms with Crippen LogP contribution in [0.3, 0.4) is 0 Å². The number of hydrogen-bond donors (Lipinski definition) is 1. The number of ether oxygens (including phenoxy) is 2. The number of rotatable bonds is 8. The van der Waals surface area contributed by atoms with Gasteiger partial charge in [-0.3, -0.25) is 19.1 Å². The highest BCUT2D eigenvalue weighted by atomic mass is 16.5. The molecule has 9 nitrogen and oxygen atoms in total. The van der Waals surface area contributed by atoms with Gasteiger partial charge in [-0.15, -0.1) is 0 Å². The number of hydrogen-bond acceptors (Lipinski definition) is 7. The summed E-state index contributed by atoms with van der Waals surface area (Å²) in [5.41, 5.74) is 0.382. The molecule has 1 fully saturated rings. The van der Waals surface area contributed by atoms with Gasteiger partial charge < -0.3 is 19.5 Å².